The van der Waals surface area contributed by atoms with Crippen molar-refractivity contribution in [3.8, 4) is 11.4 Å². The predicted molar refractivity (Wildman–Crippen MR) is 110 cm³/mol. The molecule has 144 valence electrons. The molecule has 0 saturated heterocycles. The molecule has 1 heterocycles. The molecular weight excluding hydrogens is 400 g/mol. The highest BCUT2D eigenvalue weighted by Gasteiger charge is 2.12. The van der Waals surface area contributed by atoms with Crippen molar-refractivity contribution in [1.29, 1.82) is 0 Å². The number of ether oxygens (including phenoxy) is 1. The first-order valence-electron chi connectivity index (χ1n) is 8.28. The van der Waals surface area contributed by atoms with Gasteiger partial charge in [0.2, 0.25) is 11.7 Å². The molecule has 0 saturated carbocycles. The largest absolute Gasteiger partial charge is 0.465 e. The molecule has 0 aliphatic rings. The summed E-state index contributed by atoms with van der Waals surface area (Å²) in [6.07, 6.45) is 0. The molecule has 0 amide bonds. The Kier molecular flexibility index (Phi) is 6.23. The third-order valence-corrected chi connectivity index (χ3v) is 4.39. The van der Waals surface area contributed by atoms with E-state index >= 15 is 0 Å². The molecule has 3 aromatic rings. The molecular formula is C19H17ClN4O3S. The van der Waals surface area contributed by atoms with E-state index in [-0.39, 0.29) is 6.54 Å². The molecule has 0 unspecified atom stereocenters. The zero-order valence-corrected chi connectivity index (χ0v) is 16.7. The SMILES string of the molecule is COC(=O)c1ccc(Cl)c(NC(=S)NCc2nc(-c3ccc(C)cc3)no2)c1. The van der Waals surface area contributed by atoms with Gasteiger partial charge < -0.3 is 19.9 Å². The molecule has 9 heteroatoms. The Morgan fingerprint density at radius 1 is 1.25 bits per heavy atom. The number of thiocarbonyl (C=S) groups is 1. The highest BCUT2D eigenvalue weighted by atomic mass is 35.5. The quantitative estimate of drug-likeness (QED) is 0.477. The summed E-state index contributed by atoms with van der Waals surface area (Å²) in [6, 6.07) is 12.5. The van der Waals surface area contributed by atoms with Gasteiger partial charge in [-0.2, -0.15) is 4.98 Å². The second-order valence-electron chi connectivity index (χ2n) is 5.87. The van der Waals surface area contributed by atoms with Gasteiger partial charge in [0.05, 0.1) is 29.9 Å². The Hall–Kier alpha value is -2.97. The standard InChI is InChI=1S/C19H17ClN4O3S/c1-11-3-5-12(6-4-11)17-23-16(27-24-17)10-21-19(28)22-15-9-13(18(25)26-2)7-8-14(15)20/h3-9H,10H2,1-2H3,(H2,21,22,28). The van der Waals surface area contributed by atoms with E-state index in [2.05, 4.69) is 20.8 Å². The van der Waals surface area contributed by atoms with E-state index < -0.39 is 5.97 Å². The van der Waals surface area contributed by atoms with Crippen molar-refractivity contribution in [2.24, 2.45) is 0 Å². The van der Waals surface area contributed by atoms with E-state index in [1.54, 1.807) is 18.2 Å². The molecule has 0 atom stereocenters. The van der Waals surface area contributed by atoms with Crippen LogP contribution < -0.4 is 10.6 Å². The van der Waals surface area contributed by atoms with Crippen molar-refractivity contribution in [1.82, 2.24) is 15.5 Å². The van der Waals surface area contributed by atoms with Crippen LogP contribution in [-0.2, 0) is 11.3 Å². The minimum atomic E-state index is -0.465. The van der Waals surface area contributed by atoms with Crippen LogP contribution in [0, 0.1) is 6.92 Å². The van der Waals surface area contributed by atoms with Gasteiger partial charge in [0.15, 0.2) is 5.11 Å². The summed E-state index contributed by atoms with van der Waals surface area (Å²) in [5, 5.41) is 10.6. The monoisotopic (exact) mass is 416 g/mol. The van der Waals surface area contributed by atoms with Gasteiger partial charge in [-0.05, 0) is 37.3 Å². The summed E-state index contributed by atoms with van der Waals surface area (Å²) >= 11 is 11.4. The van der Waals surface area contributed by atoms with Gasteiger partial charge in [-0.15, -0.1) is 0 Å². The molecule has 1 aromatic heterocycles. The van der Waals surface area contributed by atoms with Gasteiger partial charge in [0, 0.05) is 5.56 Å². The van der Waals surface area contributed by atoms with Gasteiger partial charge in [-0.3, -0.25) is 0 Å². The topological polar surface area (TPSA) is 89.3 Å². The molecule has 0 spiro atoms. The Bertz CT molecular complexity index is 1000. The van der Waals surface area contributed by atoms with E-state index in [1.807, 2.05) is 31.2 Å². The minimum Gasteiger partial charge on any atom is -0.465 e. The number of carbonyl (C=O) groups excluding carboxylic acids is 1. The number of methoxy groups -OCH3 is 1. The molecule has 0 aliphatic carbocycles. The summed E-state index contributed by atoms with van der Waals surface area (Å²) in [4.78, 5) is 16.0. The Balaban J connectivity index is 1.61. The maximum Gasteiger partial charge on any atom is 0.337 e. The van der Waals surface area contributed by atoms with Gasteiger partial charge in [0.1, 0.15) is 0 Å². The molecule has 0 aliphatic heterocycles. The van der Waals surface area contributed by atoms with E-state index in [9.17, 15) is 4.79 Å². The van der Waals surface area contributed by atoms with Crippen LogP contribution in [0.5, 0.6) is 0 Å². The minimum absolute atomic E-state index is 0.235. The lowest BCUT2D eigenvalue weighted by molar-refractivity contribution is 0.0601. The molecule has 0 fully saturated rings. The van der Waals surface area contributed by atoms with Gasteiger partial charge in [0.25, 0.3) is 0 Å². The third-order valence-electron chi connectivity index (χ3n) is 3.81. The number of nitrogens with zero attached hydrogens (tertiary/aromatic N) is 2. The van der Waals surface area contributed by atoms with Crippen LogP contribution in [0.25, 0.3) is 11.4 Å². The molecule has 0 radical (unpaired) electrons. The first-order valence-corrected chi connectivity index (χ1v) is 9.07. The highest BCUT2D eigenvalue weighted by molar-refractivity contribution is 7.80. The van der Waals surface area contributed by atoms with Crippen molar-refractivity contribution in [2.75, 3.05) is 12.4 Å². The lowest BCUT2D eigenvalue weighted by Crippen LogP contribution is -2.28. The second kappa shape index (κ2) is 8.81. The van der Waals surface area contributed by atoms with Gasteiger partial charge >= 0.3 is 5.97 Å². The Morgan fingerprint density at radius 2 is 2.00 bits per heavy atom. The third kappa shape index (κ3) is 4.85. The number of esters is 1. The lowest BCUT2D eigenvalue weighted by Gasteiger charge is -2.11. The number of benzene rings is 2. The maximum atomic E-state index is 11.6. The number of anilines is 1. The zero-order valence-electron chi connectivity index (χ0n) is 15.2. The molecule has 28 heavy (non-hydrogen) atoms. The van der Waals surface area contributed by atoms with Crippen LogP contribution in [0.1, 0.15) is 21.8 Å². The van der Waals surface area contributed by atoms with Crippen molar-refractivity contribution in [3.05, 3.63) is 64.5 Å². The fraction of sp³-hybridized carbons (Fsp3) is 0.158. The number of rotatable bonds is 5. The van der Waals surface area contributed by atoms with Crippen molar-refractivity contribution in [3.63, 3.8) is 0 Å². The van der Waals surface area contributed by atoms with Crippen LogP contribution in [0.3, 0.4) is 0 Å². The number of carbonyl (C=O) groups is 1. The average molecular weight is 417 g/mol. The van der Waals surface area contributed by atoms with Crippen LogP contribution in [0.2, 0.25) is 5.02 Å². The van der Waals surface area contributed by atoms with Crippen LogP contribution >= 0.6 is 23.8 Å². The van der Waals surface area contributed by atoms with E-state index in [0.717, 1.165) is 11.1 Å². The van der Waals surface area contributed by atoms with E-state index in [0.29, 0.717) is 33.1 Å². The van der Waals surface area contributed by atoms with E-state index in [4.69, 9.17) is 33.1 Å². The second-order valence-corrected chi connectivity index (χ2v) is 6.69. The fourth-order valence-electron chi connectivity index (χ4n) is 2.33. The normalized spacial score (nSPS) is 10.4. The number of aryl methyl sites for hydroxylation is 1. The molecule has 3 rings (SSSR count). The van der Waals surface area contributed by atoms with Crippen LogP contribution in [-0.4, -0.2) is 28.3 Å². The predicted octanol–water partition coefficient (Wildman–Crippen LogP) is 3.97. The maximum absolute atomic E-state index is 11.6. The summed E-state index contributed by atoms with van der Waals surface area (Å²) in [6.45, 7) is 2.25. The van der Waals surface area contributed by atoms with Gasteiger partial charge in [-0.25, -0.2) is 4.79 Å². The smallest absolute Gasteiger partial charge is 0.337 e. The summed E-state index contributed by atoms with van der Waals surface area (Å²) in [5.74, 6) is 0.423. The zero-order chi connectivity index (χ0) is 20.1. The lowest BCUT2D eigenvalue weighted by atomic mass is 10.1. The molecule has 0 bridgehead atoms. The highest BCUT2D eigenvalue weighted by Crippen LogP contribution is 2.23. The van der Waals surface area contributed by atoms with Crippen molar-refractivity contribution in [2.45, 2.75) is 13.5 Å². The Morgan fingerprint density at radius 3 is 2.71 bits per heavy atom. The number of halogens is 1. The van der Waals surface area contributed by atoms with Gasteiger partial charge in [-0.1, -0.05) is 46.6 Å². The number of aromatic nitrogens is 2. The van der Waals surface area contributed by atoms with Crippen molar-refractivity contribution >= 4 is 40.6 Å². The average Bonchev–Trinajstić information content (AvgIpc) is 3.17. The number of hydrogen-bond donors (Lipinski definition) is 2. The fourth-order valence-corrected chi connectivity index (χ4v) is 2.68. The summed E-state index contributed by atoms with van der Waals surface area (Å²) in [5.41, 5.74) is 2.86. The van der Waals surface area contributed by atoms with Crippen LogP contribution in [0.4, 0.5) is 5.69 Å². The van der Waals surface area contributed by atoms with E-state index in [1.165, 1.54) is 7.11 Å². The summed E-state index contributed by atoms with van der Waals surface area (Å²) < 4.78 is 9.94. The molecule has 7 nitrogen and oxygen atoms in total. The summed E-state index contributed by atoms with van der Waals surface area (Å²) in [7, 11) is 1.31. The van der Waals surface area contributed by atoms with Crippen molar-refractivity contribution < 1.29 is 14.1 Å². The number of hydrogen-bond acceptors (Lipinski definition) is 6. The Labute approximate surface area is 172 Å². The first-order chi connectivity index (χ1) is 13.5. The first kappa shape index (κ1) is 19.8. The molecule has 2 aromatic carbocycles. The molecule has 2 N–H and O–H groups in total. The number of nitrogens with one attached hydrogen (secondary N) is 2. The van der Waals surface area contributed by atoms with Crippen LogP contribution in [0.15, 0.2) is 47.0 Å².